The predicted octanol–water partition coefficient (Wildman–Crippen LogP) is 2.83. The number of carbonyl (C=O) groups is 2. The van der Waals surface area contributed by atoms with E-state index in [0.29, 0.717) is 17.1 Å². The lowest BCUT2D eigenvalue weighted by atomic mass is 10.2. The first-order valence-corrected chi connectivity index (χ1v) is 8.11. The highest BCUT2D eigenvalue weighted by atomic mass is 16.5. The van der Waals surface area contributed by atoms with E-state index < -0.39 is 0 Å². The lowest BCUT2D eigenvalue weighted by Crippen LogP contribution is -2.38. The minimum absolute atomic E-state index is 0.0301. The molecular weight excluding hydrogens is 304 g/mol. The fourth-order valence-corrected chi connectivity index (χ4v) is 2.66. The molecule has 1 aliphatic heterocycles. The summed E-state index contributed by atoms with van der Waals surface area (Å²) in [6.45, 7) is 1.60. The highest BCUT2D eigenvalue weighted by Crippen LogP contribution is 2.21. The average molecular weight is 324 g/mol. The van der Waals surface area contributed by atoms with Gasteiger partial charge in [0.25, 0.3) is 5.91 Å². The number of benzene rings is 2. The van der Waals surface area contributed by atoms with Gasteiger partial charge < -0.3 is 15.0 Å². The molecule has 2 aromatic carbocycles. The van der Waals surface area contributed by atoms with Gasteiger partial charge in [0.15, 0.2) is 0 Å². The SMILES string of the molecule is O=C(NCC(=O)N1CCCC1)c1cccc(Oc2ccccc2)c1. The lowest BCUT2D eigenvalue weighted by molar-refractivity contribution is -0.129. The minimum Gasteiger partial charge on any atom is -0.457 e. The Hall–Kier alpha value is -2.82. The largest absolute Gasteiger partial charge is 0.457 e. The van der Waals surface area contributed by atoms with Gasteiger partial charge in [0.2, 0.25) is 5.91 Å². The van der Waals surface area contributed by atoms with Gasteiger partial charge in [-0.2, -0.15) is 0 Å². The van der Waals surface area contributed by atoms with E-state index >= 15 is 0 Å². The van der Waals surface area contributed by atoms with Crippen LogP contribution in [0, 0.1) is 0 Å². The zero-order chi connectivity index (χ0) is 16.8. The molecule has 0 aliphatic carbocycles. The Morgan fingerprint density at radius 3 is 2.42 bits per heavy atom. The number of hydrogen-bond acceptors (Lipinski definition) is 3. The highest BCUT2D eigenvalue weighted by molar-refractivity contribution is 5.96. The average Bonchev–Trinajstić information content (AvgIpc) is 3.15. The molecule has 24 heavy (non-hydrogen) atoms. The van der Waals surface area contributed by atoms with Gasteiger partial charge in [-0.1, -0.05) is 24.3 Å². The molecule has 124 valence electrons. The number of rotatable bonds is 5. The molecule has 0 aromatic heterocycles. The maximum Gasteiger partial charge on any atom is 0.251 e. The summed E-state index contributed by atoms with van der Waals surface area (Å²) in [5, 5.41) is 2.68. The molecule has 0 radical (unpaired) electrons. The van der Waals surface area contributed by atoms with Crippen LogP contribution in [-0.2, 0) is 4.79 Å². The van der Waals surface area contributed by atoms with Crippen molar-refractivity contribution in [1.29, 1.82) is 0 Å². The summed E-state index contributed by atoms with van der Waals surface area (Å²) in [6.07, 6.45) is 2.08. The van der Waals surface area contributed by atoms with Crippen LogP contribution in [0.15, 0.2) is 54.6 Å². The van der Waals surface area contributed by atoms with Gasteiger partial charge in [0, 0.05) is 18.7 Å². The third-order valence-corrected chi connectivity index (χ3v) is 3.93. The van der Waals surface area contributed by atoms with Gasteiger partial charge in [0.1, 0.15) is 11.5 Å². The molecule has 2 amide bonds. The van der Waals surface area contributed by atoms with E-state index in [1.807, 2.05) is 30.3 Å². The van der Waals surface area contributed by atoms with Crippen molar-refractivity contribution in [2.45, 2.75) is 12.8 Å². The number of nitrogens with zero attached hydrogens (tertiary/aromatic N) is 1. The minimum atomic E-state index is -0.277. The number of likely N-dealkylation sites (tertiary alicyclic amines) is 1. The summed E-state index contributed by atoms with van der Waals surface area (Å²) in [5.41, 5.74) is 0.470. The second kappa shape index (κ2) is 7.64. The van der Waals surface area contributed by atoms with Crippen LogP contribution >= 0.6 is 0 Å². The van der Waals surface area contributed by atoms with Gasteiger partial charge >= 0.3 is 0 Å². The molecular formula is C19H20N2O3. The molecule has 1 heterocycles. The number of nitrogens with one attached hydrogen (secondary N) is 1. The van der Waals surface area contributed by atoms with Crippen LogP contribution in [0.2, 0.25) is 0 Å². The van der Waals surface area contributed by atoms with Crippen LogP contribution in [0.1, 0.15) is 23.2 Å². The third-order valence-electron chi connectivity index (χ3n) is 3.93. The third kappa shape index (κ3) is 4.13. The Bertz CT molecular complexity index is 710. The van der Waals surface area contributed by atoms with Crippen molar-refractivity contribution in [3.63, 3.8) is 0 Å². The molecule has 1 aliphatic rings. The van der Waals surface area contributed by atoms with Crippen LogP contribution in [0.25, 0.3) is 0 Å². The molecule has 3 rings (SSSR count). The molecule has 0 atom stereocenters. The second-order valence-electron chi connectivity index (χ2n) is 5.71. The van der Waals surface area contributed by atoms with E-state index in [1.54, 1.807) is 29.2 Å². The fraction of sp³-hybridized carbons (Fsp3) is 0.263. The van der Waals surface area contributed by atoms with E-state index in [4.69, 9.17) is 4.74 Å². The monoisotopic (exact) mass is 324 g/mol. The Morgan fingerprint density at radius 2 is 1.67 bits per heavy atom. The lowest BCUT2D eigenvalue weighted by Gasteiger charge is -2.15. The summed E-state index contributed by atoms with van der Waals surface area (Å²) in [6, 6.07) is 16.3. The molecule has 1 saturated heterocycles. The molecule has 0 unspecified atom stereocenters. The molecule has 0 spiro atoms. The predicted molar refractivity (Wildman–Crippen MR) is 91.1 cm³/mol. The summed E-state index contributed by atoms with van der Waals surface area (Å²) < 4.78 is 5.72. The first-order chi connectivity index (χ1) is 11.7. The zero-order valence-electron chi connectivity index (χ0n) is 13.4. The second-order valence-corrected chi connectivity index (χ2v) is 5.71. The number of amides is 2. The summed E-state index contributed by atoms with van der Waals surface area (Å²) >= 11 is 0. The molecule has 2 aromatic rings. The van der Waals surface area contributed by atoms with Gasteiger partial charge in [-0.3, -0.25) is 9.59 Å². The van der Waals surface area contributed by atoms with Crippen LogP contribution < -0.4 is 10.1 Å². The Labute approximate surface area is 141 Å². The van der Waals surface area contributed by atoms with Crippen LogP contribution in [0.5, 0.6) is 11.5 Å². The molecule has 0 saturated carbocycles. The fourth-order valence-electron chi connectivity index (χ4n) is 2.66. The topological polar surface area (TPSA) is 58.6 Å². The molecule has 5 nitrogen and oxygen atoms in total. The number of carbonyl (C=O) groups excluding carboxylic acids is 2. The molecule has 1 N–H and O–H groups in total. The van der Waals surface area contributed by atoms with Crippen molar-refractivity contribution >= 4 is 11.8 Å². The summed E-state index contributed by atoms with van der Waals surface area (Å²) in [5.74, 6) is 0.984. The number of ether oxygens (including phenoxy) is 1. The van der Waals surface area contributed by atoms with Crippen molar-refractivity contribution in [1.82, 2.24) is 10.2 Å². The first-order valence-electron chi connectivity index (χ1n) is 8.11. The maximum atomic E-state index is 12.2. The Kier molecular flexibility index (Phi) is 5.11. The van der Waals surface area contributed by atoms with Crippen molar-refractivity contribution < 1.29 is 14.3 Å². The molecule has 1 fully saturated rings. The Morgan fingerprint density at radius 1 is 0.958 bits per heavy atom. The molecule has 0 bridgehead atoms. The highest BCUT2D eigenvalue weighted by Gasteiger charge is 2.18. The number of para-hydroxylation sites is 1. The summed E-state index contributed by atoms with van der Waals surface area (Å²) in [4.78, 5) is 26.0. The van der Waals surface area contributed by atoms with Gasteiger partial charge in [-0.05, 0) is 43.2 Å². The van der Waals surface area contributed by atoms with Gasteiger partial charge in [-0.25, -0.2) is 0 Å². The van der Waals surface area contributed by atoms with Crippen molar-refractivity contribution in [3.8, 4) is 11.5 Å². The Balaban J connectivity index is 1.58. The van der Waals surface area contributed by atoms with Gasteiger partial charge in [-0.15, -0.1) is 0 Å². The molecule has 5 heteroatoms. The number of hydrogen-bond donors (Lipinski definition) is 1. The van der Waals surface area contributed by atoms with Crippen LogP contribution in [-0.4, -0.2) is 36.3 Å². The summed E-state index contributed by atoms with van der Waals surface area (Å²) in [7, 11) is 0. The van der Waals surface area contributed by atoms with Crippen LogP contribution in [0.3, 0.4) is 0 Å². The van der Waals surface area contributed by atoms with Gasteiger partial charge in [0.05, 0.1) is 6.54 Å². The zero-order valence-corrected chi connectivity index (χ0v) is 13.4. The normalized spacial score (nSPS) is 13.6. The van der Waals surface area contributed by atoms with E-state index in [1.165, 1.54) is 0 Å². The van der Waals surface area contributed by atoms with E-state index in [9.17, 15) is 9.59 Å². The van der Waals surface area contributed by atoms with E-state index in [2.05, 4.69) is 5.32 Å². The van der Waals surface area contributed by atoms with Crippen LogP contribution in [0.4, 0.5) is 0 Å². The van der Waals surface area contributed by atoms with E-state index in [-0.39, 0.29) is 18.4 Å². The van der Waals surface area contributed by atoms with E-state index in [0.717, 1.165) is 25.9 Å². The standard InChI is InChI=1S/C19H20N2O3/c22-18(21-11-4-5-12-21)14-20-19(23)15-7-6-10-17(13-15)24-16-8-2-1-3-9-16/h1-3,6-10,13H,4-5,11-12,14H2,(H,20,23). The van der Waals surface area contributed by atoms with Crippen molar-refractivity contribution in [2.24, 2.45) is 0 Å². The maximum absolute atomic E-state index is 12.2. The van der Waals surface area contributed by atoms with Crippen molar-refractivity contribution in [2.75, 3.05) is 19.6 Å². The first kappa shape index (κ1) is 16.1. The smallest absolute Gasteiger partial charge is 0.251 e. The van der Waals surface area contributed by atoms with Crippen molar-refractivity contribution in [3.05, 3.63) is 60.2 Å². The quantitative estimate of drug-likeness (QED) is 0.920.